The van der Waals surface area contributed by atoms with Crippen LogP contribution in [0.1, 0.15) is 29.6 Å². The normalized spacial score (nSPS) is 15.9. The topological polar surface area (TPSA) is 58.6 Å². The lowest BCUT2D eigenvalue weighted by Crippen LogP contribution is -2.18. The van der Waals surface area contributed by atoms with Crippen LogP contribution in [0.3, 0.4) is 0 Å². The van der Waals surface area contributed by atoms with E-state index in [0.717, 1.165) is 19.3 Å². The molecule has 20 heavy (non-hydrogen) atoms. The van der Waals surface area contributed by atoms with E-state index < -0.39 is 11.8 Å². The minimum Gasteiger partial charge on any atom is -0.478 e. The second kappa shape index (κ2) is 6.10. The number of carboxylic acids is 1. The van der Waals surface area contributed by atoms with Gasteiger partial charge in [-0.25, -0.2) is 9.18 Å². The third-order valence-electron chi connectivity index (χ3n) is 3.76. The number of nitrogens with one attached hydrogen (secondary N) is 1. The maximum atomic E-state index is 14.1. The number of benzene rings is 1. The van der Waals surface area contributed by atoms with Gasteiger partial charge in [-0.05, 0) is 52.7 Å². The standard InChI is InChI=1S/C14H17BrFNO3/c1-20-7-6-14(4-5-14)8-17-10-3-2-9(13(18)19)11(15)12(10)16/h2-3,17H,4-8H2,1H3,(H,18,19). The molecule has 1 fully saturated rings. The summed E-state index contributed by atoms with van der Waals surface area (Å²) >= 11 is 2.99. The lowest BCUT2D eigenvalue weighted by atomic mass is 10.0. The molecule has 2 N–H and O–H groups in total. The molecular formula is C14H17BrFNO3. The number of anilines is 1. The molecule has 2 rings (SSSR count). The fourth-order valence-electron chi connectivity index (χ4n) is 2.14. The van der Waals surface area contributed by atoms with Gasteiger partial charge in [0.05, 0.1) is 15.7 Å². The Morgan fingerprint density at radius 3 is 2.80 bits per heavy atom. The first-order chi connectivity index (χ1) is 9.49. The van der Waals surface area contributed by atoms with Gasteiger partial charge in [0, 0.05) is 20.3 Å². The molecule has 0 heterocycles. The first-order valence-electron chi connectivity index (χ1n) is 6.43. The van der Waals surface area contributed by atoms with E-state index in [1.165, 1.54) is 12.1 Å². The molecular weight excluding hydrogens is 329 g/mol. The Hall–Kier alpha value is -1.14. The molecule has 1 saturated carbocycles. The number of carbonyl (C=O) groups is 1. The van der Waals surface area contributed by atoms with E-state index in [2.05, 4.69) is 21.2 Å². The van der Waals surface area contributed by atoms with Crippen LogP contribution in [-0.4, -0.2) is 31.3 Å². The molecule has 0 unspecified atom stereocenters. The quantitative estimate of drug-likeness (QED) is 0.793. The maximum absolute atomic E-state index is 14.1. The second-order valence-corrected chi connectivity index (χ2v) is 5.98. The second-order valence-electron chi connectivity index (χ2n) is 5.19. The van der Waals surface area contributed by atoms with Gasteiger partial charge >= 0.3 is 5.97 Å². The minimum absolute atomic E-state index is 0.0169. The van der Waals surface area contributed by atoms with Crippen molar-refractivity contribution in [2.45, 2.75) is 19.3 Å². The van der Waals surface area contributed by atoms with Crippen molar-refractivity contribution in [3.05, 3.63) is 28.0 Å². The Morgan fingerprint density at radius 2 is 2.25 bits per heavy atom. The summed E-state index contributed by atoms with van der Waals surface area (Å²) in [6, 6.07) is 2.86. The first kappa shape index (κ1) is 15.3. The van der Waals surface area contributed by atoms with Crippen molar-refractivity contribution in [2.75, 3.05) is 25.6 Å². The third kappa shape index (κ3) is 3.30. The molecule has 0 amide bonds. The van der Waals surface area contributed by atoms with Gasteiger partial charge in [0.15, 0.2) is 5.82 Å². The van der Waals surface area contributed by atoms with Crippen molar-refractivity contribution in [3.63, 3.8) is 0 Å². The molecule has 1 aliphatic rings. The van der Waals surface area contributed by atoms with Gasteiger partial charge in [-0.15, -0.1) is 0 Å². The molecule has 4 nitrogen and oxygen atoms in total. The minimum atomic E-state index is -1.15. The summed E-state index contributed by atoms with van der Waals surface area (Å²) in [5.41, 5.74) is 0.444. The van der Waals surface area contributed by atoms with Crippen LogP contribution in [0.4, 0.5) is 10.1 Å². The van der Waals surface area contributed by atoms with E-state index in [1.54, 1.807) is 7.11 Å². The van der Waals surface area contributed by atoms with Gasteiger partial charge in [-0.2, -0.15) is 0 Å². The zero-order valence-corrected chi connectivity index (χ0v) is 12.8. The number of methoxy groups -OCH3 is 1. The van der Waals surface area contributed by atoms with Gasteiger partial charge in [-0.1, -0.05) is 0 Å². The van der Waals surface area contributed by atoms with Crippen molar-refractivity contribution in [2.24, 2.45) is 5.41 Å². The average molecular weight is 346 g/mol. The largest absolute Gasteiger partial charge is 0.478 e. The number of hydrogen-bond acceptors (Lipinski definition) is 3. The first-order valence-corrected chi connectivity index (χ1v) is 7.22. The molecule has 1 aromatic carbocycles. The highest BCUT2D eigenvalue weighted by atomic mass is 79.9. The molecule has 1 aliphatic carbocycles. The number of ether oxygens (including phenoxy) is 1. The Kier molecular flexibility index (Phi) is 4.65. The number of rotatable bonds is 7. The van der Waals surface area contributed by atoms with E-state index >= 15 is 0 Å². The molecule has 0 spiro atoms. The van der Waals surface area contributed by atoms with Crippen LogP contribution in [0, 0.1) is 11.2 Å². The summed E-state index contributed by atoms with van der Waals surface area (Å²) in [5.74, 6) is -1.71. The number of hydrogen-bond donors (Lipinski definition) is 2. The van der Waals surface area contributed by atoms with Crippen LogP contribution in [0.5, 0.6) is 0 Å². The molecule has 1 aromatic rings. The predicted molar refractivity (Wildman–Crippen MR) is 77.7 cm³/mol. The average Bonchev–Trinajstić information content (AvgIpc) is 3.18. The van der Waals surface area contributed by atoms with Gasteiger partial charge in [-0.3, -0.25) is 0 Å². The summed E-state index contributed by atoms with van der Waals surface area (Å²) in [6.07, 6.45) is 3.17. The predicted octanol–water partition coefficient (Wildman–Crippen LogP) is 3.52. The Balaban J connectivity index is 2.04. The van der Waals surface area contributed by atoms with Crippen molar-refractivity contribution in [1.29, 1.82) is 0 Å². The van der Waals surface area contributed by atoms with Crippen molar-refractivity contribution < 1.29 is 19.0 Å². The van der Waals surface area contributed by atoms with E-state index in [9.17, 15) is 9.18 Å². The van der Waals surface area contributed by atoms with E-state index in [-0.39, 0.29) is 15.5 Å². The van der Waals surface area contributed by atoms with Crippen LogP contribution in [-0.2, 0) is 4.74 Å². The molecule has 110 valence electrons. The smallest absolute Gasteiger partial charge is 0.336 e. The SMILES string of the molecule is COCCC1(CNc2ccc(C(=O)O)c(Br)c2F)CC1. The van der Waals surface area contributed by atoms with Crippen LogP contribution >= 0.6 is 15.9 Å². The van der Waals surface area contributed by atoms with Gasteiger partial charge < -0.3 is 15.2 Å². The van der Waals surface area contributed by atoms with E-state index in [4.69, 9.17) is 9.84 Å². The Labute approximate surface area is 125 Å². The highest BCUT2D eigenvalue weighted by Crippen LogP contribution is 2.48. The van der Waals surface area contributed by atoms with E-state index in [0.29, 0.717) is 18.8 Å². The Bertz CT molecular complexity index is 517. The molecule has 6 heteroatoms. The van der Waals surface area contributed by atoms with Gasteiger partial charge in [0.2, 0.25) is 0 Å². The maximum Gasteiger partial charge on any atom is 0.336 e. The Morgan fingerprint density at radius 1 is 1.55 bits per heavy atom. The summed E-state index contributed by atoms with van der Waals surface area (Å²) in [6.45, 7) is 1.37. The van der Waals surface area contributed by atoms with Crippen LogP contribution in [0.15, 0.2) is 16.6 Å². The fraction of sp³-hybridized carbons (Fsp3) is 0.500. The number of carboxylic acid groups (broad SMARTS) is 1. The molecule has 0 radical (unpaired) electrons. The summed E-state index contributed by atoms with van der Waals surface area (Å²) in [7, 11) is 1.67. The lowest BCUT2D eigenvalue weighted by Gasteiger charge is -2.17. The third-order valence-corrected chi connectivity index (χ3v) is 4.54. The van der Waals surface area contributed by atoms with Crippen molar-refractivity contribution >= 4 is 27.6 Å². The lowest BCUT2D eigenvalue weighted by molar-refractivity contribution is 0.0695. The molecule has 0 aromatic heterocycles. The molecule has 0 bridgehead atoms. The molecule has 0 aliphatic heterocycles. The van der Waals surface area contributed by atoms with Gasteiger partial charge in [0.1, 0.15) is 0 Å². The molecule has 0 saturated heterocycles. The summed E-state index contributed by atoms with van der Waals surface area (Å²) < 4.78 is 19.1. The monoisotopic (exact) mass is 345 g/mol. The number of aromatic carboxylic acids is 1. The van der Waals surface area contributed by atoms with Crippen molar-refractivity contribution in [3.8, 4) is 0 Å². The fourth-order valence-corrected chi connectivity index (χ4v) is 2.66. The summed E-state index contributed by atoms with van der Waals surface area (Å²) in [5, 5.41) is 12.0. The van der Waals surface area contributed by atoms with Crippen LogP contribution in [0.25, 0.3) is 0 Å². The van der Waals surface area contributed by atoms with E-state index in [1.807, 2.05) is 0 Å². The zero-order valence-electron chi connectivity index (χ0n) is 11.2. The van der Waals surface area contributed by atoms with Crippen LogP contribution in [0.2, 0.25) is 0 Å². The highest BCUT2D eigenvalue weighted by Gasteiger charge is 2.41. The van der Waals surface area contributed by atoms with Crippen LogP contribution < -0.4 is 5.32 Å². The van der Waals surface area contributed by atoms with Crippen molar-refractivity contribution in [1.82, 2.24) is 0 Å². The zero-order chi connectivity index (χ0) is 14.8. The molecule has 0 atom stereocenters. The highest BCUT2D eigenvalue weighted by molar-refractivity contribution is 9.10. The van der Waals surface area contributed by atoms with Gasteiger partial charge in [0.25, 0.3) is 0 Å². The summed E-state index contributed by atoms with van der Waals surface area (Å²) in [4.78, 5) is 10.9. The number of halogens is 2.